The average molecular weight is 285 g/mol. The van der Waals surface area contributed by atoms with E-state index in [0.717, 1.165) is 43.9 Å². The van der Waals surface area contributed by atoms with Crippen molar-refractivity contribution in [1.29, 1.82) is 0 Å². The molecule has 0 saturated carbocycles. The monoisotopic (exact) mass is 284 g/mol. The number of rotatable bonds is 4. The Morgan fingerprint density at radius 3 is 2.89 bits per heavy atom. The Kier molecular flexibility index (Phi) is 4.96. The van der Waals surface area contributed by atoms with Crippen molar-refractivity contribution in [2.24, 2.45) is 7.05 Å². The third kappa shape index (κ3) is 3.78. The van der Waals surface area contributed by atoms with Crippen molar-refractivity contribution < 1.29 is 4.79 Å². The van der Waals surface area contributed by atoms with Crippen LogP contribution >= 0.6 is 11.6 Å². The van der Waals surface area contributed by atoms with Gasteiger partial charge in [-0.25, -0.2) is 0 Å². The summed E-state index contributed by atoms with van der Waals surface area (Å²) in [5.41, 5.74) is 1.71. The van der Waals surface area contributed by atoms with Crippen molar-refractivity contribution in [3.8, 4) is 0 Å². The molecule has 1 saturated heterocycles. The van der Waals surface area contributed by atoms with E-state index in [4.69, 9.17) is 11.6 Å². The van der Waals surface area contributed by atoms with Gasteiger partial charge in [0, 0.05) is 32.1 Å². The molecule has 0 amide bonds. The van der Waals surface area contributed by atoms with Crippen molar-refractivity contribution >= 4 is 17.4 Å². The van der Waals surface area contributed by atoms with E-state index in [9.17, 15) is 4.79 Å². The van der Waals surface area contributed by atoms with Crippen LogP contribution in [0.1, 0.15) is 17.7 Å². The van der Waals surface area contributed by atoms with E-state index in [1.54, 1.807) is 11.7 Å². The summed E-state index contributed by atoms with van der Waals surface area (Å²) in [4.78, 5) is 14.4. The first-order valence-corrected chi connectivity index (χ1v) is 7.08. The standard InChI is InChI=1S/C13H21ClN4O/c1-10-12(13(14)17(2)16-10)8-11(19)9-18-6-3-4-15-5-7-18/h15H,3-9H2,1-2H3. The first kappa shape index (κ1) is 14.5. The molecular weight excluding hydrogens is 264 g/mol. The zero-order valence-corrected chi connectivity index (χ0v) is 12.3. The molecule has 1 aromatic rings. The van der Waals surface area contributed by atoms with Crippen LogP contribution in [0.25, 0.3) is 0 Å². The van der Waals surface area contributed by atoms with Crippen LogP contribution in [0.2, 0.25) is 5.15 Å². The topological polar surface area (TPSA) is 50.2 Å². The summed E-state index contributed by atoms with van der Waals surface area (Å²) in [5.74, 6) is 0.208. The molecule has 0 aliphatic carbocycles. The minimum atomic E-state index is 0.208. The van der Waals surface area contributed by atoms with Gasteiger partial charge in [-0.05, 0) is 26.4 Å². The Morgan fingerprint density at radius 1 is 1.42 bits per heavy atom. The first-order valence-electron chi connectivity index (χ1n) is 6.70. The minimum Gasteiger partial charge on any atom is -0.315 e. The van der Waals surface area contributed by atoms with E-state index >= 15 is 0 Å². The molecule has 0 unspecified atom stereocenters. The molecule has 1 aliphatic rings. The lowest BCUT2D eigenvalue weighted by Gasteiger charge is -2.18. The van der Waals surface area contributed by atoms with Gasteiger partial charge in [0.2, 0.25) is 0 Å². The van der Waals surface area contributed by atoms with Crippen LogP contribution in [-0.4, -0.2) is 53.2 Å². The van der Waals surface area contributed by atoms with Crippen molar-refractivity contribution in [3.05, 3.63) is 16.4 Å². The molecule has 6 heteroatoms. The van der Waals surface area contributed by atoms with E-state index in [0.29, 0.717) is 18.1 Å². The molecule has 1 aliphatic heterocycles. The summed E-state index contributed by atoms with van der Waals surface area (Å²) in [5, 5.41) is 8.14. The normalized spacial score (nSPS) is 17.4. The Morgan fingerprint density at radius 2 is 2.21 bits per heavy atom. The van der Waals surface area contributed by atoms with Gasteiger partial charge in [-0.15, -0.1) is 0 Å². The van der Waals surface area contributed by atoms with Crippen molar-refractivity contribution in [2.45, 2.75) is 19.8 Å². The largest absolute Gasteiger partial charge is 0.315 e. The second-order valence-corrected chi connectivity index (χ2v) is 5.43. The number of aromatic nitrogens is 2. The van der Waals surface area contributed by atoms with Gasteiger partial charge in [0.25, 0.3) is 0 Å². The van der Waals surface area contributed by atoms with Gasteiger partial charge < -0.3 is 5.32 Å². The second-order valence-electron chi connectivity index (χ2n) is 5.07. The maximum atomic E-state index is 12.1. The maximum absolute atomic E-state index is 12.1. The predicted octanol–water partition coefficient (Wildman–Crippen LogP) is 0.789. The van der Waals surface area contributed by atoms with Gasteiger partial charge in [0.05, 0.1) is 12.2 Å². The molecule has 5 nitrogen and oxygen atoms in total. The van der Waals surface area contributed by atoms with E-state index in [1.807, 2.05) is 6.92 Å². The summed E-state index contributed by atoms with van der Waals surface area (Å²) in [6.07, 6.45) is 1.47. The zero-order chi connectivity index (χ0) is 13.8. The predicted molar refractivity (Wildman–Crippen MR) is 75.6 cm³/mol. The van der Waals surface area contributed by atoms with Crippen LogP contribution in [0.15, 0.2) is 0 Å². The Labute approximate surface area is 118 Å². The van der Waals surface area contributed by atoms with E-state index in [1.165, 1.54) is 0 Å². The van der Waals surface area contributed by atoms with Crippen LogP contribution in [0, 0.1) is 6.92 Å². The number of hydrogen-bond donors (Lipinski definition) is 1. The van der Waals surface area contributed by atoms with Crippen molar-refractivity contribution in [3.63, 3.8) is 0 Å². The number of Topliss-reactive ketones (excluding diaryl/α,β-unsaturated/α-hetero) is 1. The highest BCUT2D eigenvalue weighted by atomic mass is 35.5. The molecule has 0 bridgehead atoms. The third-order valence-electron chi connectivity index (χ3n) is 3.48. The van der Waals surface area contributed by atoms with E-state index in [2.05, 4.69) is 15.3 Å². The Bertz CT molecular complexity index is 450. The lowest BCUT2D eigenvalue weighted by Crippen LogP contribution is -2.33. The number of ketones is 1. The SMILES string of the molecule is Cc1nn(C)c(Cl)c1CC(=O)CN1CCCNCC1. The number of aryl methyl sites for hydroxylation is 2. The van der Waals surface area contributed by atoms with Gasteiger partial charge in [-0.1, -0.05) is 11.6 Å². The lowest BCUT2D eigenvalue weighted by atomic mass is 10.1. The molecule has 0 aromatic carbocycles. The molecular formula is C13H21ClN4O. The van der Waals surface area contributed by atoms with E-state index < -0.39 is 0 Å². The number of nitrogens with one attached hydrogen (secondary N) is 1. The number of carbonyl (C=O) groups is 1. The highest BCUT2D eigenvalue weighted by Crippen LogP contribution is 2.19. The summed E-state index contributed by atoms with van der Waals surface area (Å²) in [7, 11) is 1.80. The van der Waals surface area contributed by atoms with Gasteiger partial charge in [-0.3, -0.25) is 14.4 Å². The number of carbonyl (C=O) groups excluding carboxylic acids is 1. The summed E-state index contributed by atoms with van der Waals surface area (Å²) in [6, 6.07) is 0. The van der Waals surface area contributed by atoms with Crippen molar-refractivity contribution in [1.82, 2.24) is 20.0 Å². The smallest absolute Gasteiger partial charge is 0.151 e. The molecule has 2 rings (SSSR count). The molecule has 1 fully saturated rings. The lowest BCUT2D eigenvalue weighted by molar-refractivity contribution is -0.119. The van der Waals surface area contributed by atoms with E-state index in [-0.39, 0.29) is 5.78 Å². The molecule has 2 heterocycles. The van der Waals surface area contributed by atoms with Gasteiger partial charge in [0.1, 0.15) is 5.15 Å². The van der Waals surface area contributed by atoms with Crippen LogP contribution < -0.4 is 5.32 Å². The highest BCUT2D eigenvalue weighted by Gasteiger charge is 2.17. The second kappa shape index (κ2) is 6.50. The minimum absolute atomic E-state index is 0.208. The maximum Gasteiger partial charge on any atom is 0.151 e. The fourth-order valence-electron chi connectivity index (χ4n) is 2.44. The number of hydrogen-bond acceptors (Lipinski definition) is 4. The van der Waals surface area contributed by atoms with Crippen molar-refractivity contribution in [2.75, 3.05) is 32.7 Å². The van der Waals surface area contributed by atoms with Crippen LogP contribution in [0.4, 0.5) is 0 Å². The van der Waals surface area contributed by atoms with Crippen LogP contribution in [0.5, 0.6) is 0 Å². The quantitative estimate of drug-likeness (QED) is 0.888. The molecule has 1 aromatic heterocycles. The Balaban J connectivity index is 1.93. The number of halogens is 1. The van der Waals surface area contributed by atoms with Crippen LogP contribution in [0.3, 0.4) is 0 Å². The molecule has 0 spiro atoms. The van der Waals surface area contributed by atoms with Crippen LogP contribution in [-0.2, 0) is 18.3 Å². The molecule has 19 heavy (non-hydrogen) atoms. The summed E-state index contributed by atoms with van der Waals surface area (Å²) in [6.45, 7) is 6.32. The van der Waals surface area contributed by atoms with Gasteiger partial charge in [-0.2, -0.15) is 5.10 Å². The third-order valence-corrected chi connectivity index (χ3v) is 3.95. The fraction of sp³-hybridized carbons (Fsp3) is 0.692. The average Bonchev–Trinajstić information content (AvgIpc) is 2.60. The highest BCUT2D eigenvalue weighted by molar-refractivity contribution is 6.30. The van der Waals surface area contributed by atoms with Gasteiger partial charge in [0.15, 0.2) is 5.78 Å². The molecule has 0 atom stereocenters. The summed E-state index contributed by atoms with van der Waals surface area (Å²) < 4.78 is 1.62. The zero-order valence-electron chi connectivity index (χ0n) is 11.6. The van der Waals surface area contributed by atoms with Gasteiger partial charge >= 0.3 is 0 Å². The molecule has 1 N–H and O–H groups in total. The molecule has 0 radical (unpaired) electrons. The number of nitrogens with zero attached hydrogens (tertiary/aromatic N) is 3. The first-order chi connectivity index (χ1) is 9.08. The fourth-order valence-corrected chi connectivity index (χ4v) is 2.68. The molecule has 106 valence electrons. The summed E-state index contributed by atoms with van der Waals surface area (Å²) >= 11 is 6.15. The Hall–Kier alpha value is -0.910.